The van der Waals surface area contributed by atoms with Crippen molar-refractivity contribution in [2.75, 3.05) is 24.6 Å². The highest BCUT2D eigenvalue weighted by atomic mass is 16.3. The molecule has 1 aliphatic heterocycles. The first-order valence-corrected chi connectivity index (χ1v) is 6.36. The Labute approximate surface area is 108 Å². The molecule has 0 spiro atoms. The molecular weight excluding hydrogens is 228 g/mol. The molecule has 1 fully saturated rings. The van der Waals surface area contributed by atoms with E-state index in [1.165, 1.54) is 11.1 Å². The Morgan fingerprint density at radius 2 is 2.17 bits per heavy atom. The van der Waals surface area contributed by atoms with E-state index in [0.717, 1.165) is 18.7 Å². The Bertz CT molecular complexity index is 445. The maximum Gasteiger partial charge on any atom is 0.246 e. The predicted molar refractivity (Wildman–Crippen MR) is 71.8 cm³/mol. The lowest BCUT2D eigenvalue weighted by molar-refractivity contribution is -0.121. The van der Waals surface area contributed by atoms with Gasteiger partial charge >= 0.3 is 0 Å². The van der Waals surface area contributed by atoms with Crippen LogP contribution < -0.4 is 10.2 Å². The van der Waals surface area contributed by atoms with Gasteiger partial charge in [-0.05, 0) is 50.1 Å². The average molecular weight is 248 g/mol. The summed E-state index contributed by atoms with van der Waals surface area (Å²) in [5, 5.41) is 12.3. The van der Waals surface area contributed by atoms with Crippen molar-refractivity contribution in [2.45, 2.75) is 26.3 Å². The second kappa shape index (κ2) is 5.50. The first kappa shape index (κ1) is 13.1. The topological polar surface area (TPSA) is 52.6 Å². The van der Waals surface area contributed by atoms with Crippen molar-refractivity contribution >= 4 is 11.6 Å². The third kappa shape index (κ3) is 2.54. The molecule has 1 aromatic carbocycles. The number of hydrogen-bond acceptors (Lipinski definition) is 3. The first-order chi connectivity index (χ1) is 8.63. The summed E-state index contributed by atoms with van der Waals surface area (Å²) in [6.07, 6.45) is 0.898. The number of hydrogen-bond donors (Lipinski definition) is 2. The van der Waals surface area contributed by atoms with Crippen molar-refractivity contribution in [1.82, 2.24) is 5.32 Å². The molecule has 1 aliphatic rings. The number of aliphatic hydroxyl groups excluding tert-OH is 1. The van der Waals surface area contributed by atoms with E-state index in [-0.39, 0.29) is 12.5 Å². The molecule has 0 radical (unpaired) electrons. The summed E-state index contributed by atoms with van der Waals surface area (Å²) >= 11 is 0. The van der Waals surface area contributed by atoms with Crippen LogP contribution in [0.3, 0.4) is 0 Å². The monoisotopic (exact) mass is 248 g/mol. The molecule has 4 heteroatoms. The van der Waals surface area contributed by atoms with Crippen LogP contribution in [0.25, 0.3) is 0 Å². The number of nitrogens with one attached hydrogen (secondary N) is 1. The van der Waals surface area contributed by atoms with Gasteiger partial charge in [0.1, 0.15) is 6.04 Å². The molecule has 0 bridgehead atoms. The quantitative estimate of drug-likeness (QED) is 0.820. The van der Waals surface area contributed by atoms with Crippen molar-refractivity contribution in [3.05, 3.63) is 29.3 Å². The van der Waals surface area contributed by atoms with Gasteiger partial charge in [0.25, 0.3) is 0 Å². The molecule has 1 heterocycles. The number of nitrogens with zero attached hydrogens (tertiary/aromatic N) is 1. The highest BCUT2D eigenvalue weighted by Gasteiger charge is 2.26. The Balaban J connectivity index is 2.29. The van der Waals surface area contributed by atoms with Crippen LogP contribution in [0, 0.1) is 13.8 Å². The molecule has 1 atom stereocenters. The second-order valence-electron chi connectivity index (χ2n) is 4.80. The fraction of sp³-hybridized carbons (Fsp3) is 0.500. The van der Waals surface area contributed by atoms with Crippen molar-refractivity contribution in [3.8, 4) is 0 Å². The predicted octanol–water partition coefficient (Wildman–Crippen LogP) is 0.991. The van der Waals surface area contributed by atoms with Gasteiger partial charge in [0, 0.05) is 12.2 Å². The lowest BCUT2D eigenvalue weighted by atomic mass is 10.1. The van der Waals surface area contributed by atoms with Crippen LogP contribution >= 0.6 is 0 Å². The number of aryl methyl sites for hydroxylation is 2. The number of carbonyl (C=O) groups excluding carboxylic acids is 1. The summed E-state index contributed by atoms with van der Waals surface area (Å²) < 4.78 is 0. The summed E-state index contributed by atoms with van der Waals surface area (Å²) in [7, 11) is 0. The molecule has 0 saturated carbocycles. The smallest absolute Gasteiger partial charge is 0.246 e. The fourth-order valence-electron chi connectivity index (χ4n) is 2.19. The fourth-order valence-corrected chi connectivity index (χ4v) is 2.19. The van der Waals surface area contributed by atoms with E-state index in [2.05, 4.69) is 12.2 Å². The summed E-state index contributed by atoms with van der Waals surface area (Å²) in [5.41, 5.74) is 3.32. The lowest BCUT2D eigenvalue weighted by Crippen LogP contribution is -2.46. The van der Waals surface area contributed by atoms with Crippen LogP contribution in [0.2, 0.25) is 0 Å². The summed E-state index contributed by atoms with van der Waals surface area (Å²) in [6.45, 7) is 5.41. The standard InChI is InChI=1S/C14H20N2O2/c1-10-4-5-12(8-11(10)2)16-7-3-6-15-13(9-17)14(16)18/h4-5,8,13,15,17H,3,6-7,9H2,1-2H3. The molecule has 1 amide bonds. The van der Waals surface area contributed by atoms with E-state index in [9.17, 15) is 9.90 Å². The van der Waals surface area contributed by atoms with Gasteiger partial charge in [-0.15, -0.1) is 0 Å². The van der Waals surface area contributed by atoms with Crippen LogP contribution in [0.1, 0.15) is 17.5 Å². The van der Waals surface area contributed by atoms with Gasteiger partial charge in [0.05, 0.1) is 6.61 Å². The zero-order valence-corrected chi connectivity index (χ0v) is 10.9. The van der Waals surface area contributed by atoms with Crippen LogP contribution in [0.15, 0.2) is 18.2 Å². The van der Waals surface area contributed by atoms with E-state index >= 15 is 0 Å². The Morgan fingerprint density at radius 1 is 1.39 bits per heavy atom. The van der Waals surface area contributed by atoms with E-state index in [4.69, 9.17) is 0 Å². The minimum Gasteiger partial charge on any atom is -0.394 e. The van der Waals surface area contributed by atoms with Gasteiger partial charge in [-0.25, -0.2) is 0 Å². The summed E-state index contributed by atoms with van der Waals surface area (Å²) in [4.78, 5) is 14.0. The van der Waals surface area contributed by atoms with Gasteiger partial charge < -0.3 is 15.3 Å². The molecule has 0 aliphatic carbocycles. The number of carbonyl (C=O) groups is 1. The van der Waals surface area contributed by atoms with E-state index in [1.54, 1.807) is 4.90 Å². The van der Waals surface area contributed by atoms with Crippen LogP contribution in [-0.2, 0) is 4.79 Å². The summed E-state index contributed by atoms with van der Waals surface area (Å²) in [6, 6.07) is 5.56. The molecular formula is C14H20N2O2. The van der Waals surface area contributed by atoms with Crippen LogP contribution in [0.5, 0.6) is 0 Å². The van der Waals surface area contributed by atoms with Crippen molar-refractivity contribution in [3.63, 3.8) is 0 Å². The van der Waals surface area contributed by atoms with Crippen LogP contribution in [0.4, 0.5) is 5.69 Å². The Hall–Kier alpha value is -1.39. The first-order valence-electron chi connectivity index (χ1n) is 6.36. The van der Waals surface area contributed by atoms with Crippen LogP contribution in [-0.4, -0.2) is 36.8 Å². The number of rotatable bonds is 2. The SMILES string of the molecule is Cc1ccc(N2CCCNC(CO)C2=O)cc1C. The molecule has 2 rings (SSSR count). The van der Waals surface area contributed by atoms with Crippen molar-refractivity contribution < 1.29 is 9.90 Å². The Kier molecular flexibility index (Phi) is 3.99. The second-order valence-corrected chi connectivity index (χ2v) is 4.80. The molecule has 0 aromatic heterocycles. The largest absolute Gasteiger partial charge is 0.394 e. The molecule has 1 unspecified atom stereocenters. The molecule has 1 saturated heterocycles. The molecule has 4 nitrogen and oxygen atoms in total. The minimum absolute atomic E-state index is 0.0433. The maximum absolute atomic E-state index is 12.3. The minimum atomic E-state index is -0.478. The van der Waals surface area contributed by atoms with Gasteiger partial charge in [-0.1, -0.05) is 6.07 Å². The Morgan fingerprint density at radius 3 is 2.83 bits per heavy atom. The zero-order valence-electron chi connectivity index (χ0n) is 10.9. The summed E-state index contributed by atoms with van der Waals surface area (Å²) in [5.74, 6) is -0.0433. The van der Waals surface area contributed by atoms with Gasteiger partial charge in [-0.3, -0.25) is 4.79 Å². The number of anilines is 1. The number of aliphatic hydroxyl groups is 1. The van der Waals surface area contributed by atoms with E-state index in [1.807, 2.05) is 25.1 Å². The molecule has 2 N–H and O–H groups in total. The normalized spacial score (nSPS) is 20.9. The molecule has 18 heavy (non-hydrogen) atoms. The average Bonchev–Trinajstić information content (AvgIpc) is 2.54. The van der Waals surface area contributed by atoms with Crippen molar-refractivity contribution in [1.29, 1.82) is 0 Å². The molecule has 1 aromatic rings. The van der Waals surface area contributed by atoms with E-state index in [0.29, 0.717) is 6.54 Å². The van der Waals surface area contributed by atoms with E-state index < -0.39 is 6.04 Å². The zero-order chi connectivity index (χ0) is 13.1. The maximum atomic E-state index is 12.3. The third-order valence-electron chi connectivity index (χ3n) is 3.50. The number of amides is 1. The molecule has 98 valence electrons. The highest BCUT2D eigenvalue weighted by Crippen LogP contribution is 2.20. The highest BCUT2D eigenvalue weighted by molar-refractivity contribution is 5.97. The lowest BCUT2D eigenvalue weighted by Gasteiger charge is -2.24. The number of benzene rings is 1. The van der Waals surface area contributed by atoms with Gasteiger partial charge in [-0.2, -0.15) is 0 Å². The van der Waals surface area contributed by atoms with Crippen molar-refractivity contribution in [2.24, 2.45) is 0 Å². The van der Waals surface area contributed by atoms with Gasteiger partial charge in [0.2, 0.25) is 5.91 Å². The third-order valence-corrected chi connectivity index (χ3v) is 3.50. The van der Waals surface area contributed by atoms with Gasteiger partial charge in [0.15, 0.2) is 0 Å².